The standard InChI is InChI=1S/C21H23N7O2S/c1-13-10-18(31-27-13)26-20-19(14(2)29)23-11-17(25-20)28-9-3-4-16(12-28)24-21(30)15-5-7-22-8-6-15/h5-8,10-11,16H,3-4,9,12H2,1-2H3,(H,24,30)(H,25,26)/t16-/m1/s1. The predicted molar refractivity (Wildman–Crippen MR) is 119 cm³/mol. The summed E-state index contributed by atoms with van der Waals surface area (Å²) in [4.78, 5) is 39.6. The summed E-state index contributed by atoms with van der Waals surface area (Å²) in [6, 6.07) is 5.28. The van der Waals surface area contributed by atoms with Crippen LogP contribution < -0.4 is 15.5 Å². The average Bonchev–Trinajstić information content (AvgIpc) is 3.19. The van der Waals surface area contributed by atoms with Gasteiger partial charge in [-0.2, -0.15) is 4.37 Å². The van der Waals surface area contributed by atoms with Gasteiger partial charge in [0.1, 0.15) is 16.5 Å². The zero-order valence-corrected chi connectivity index (χ0v) is 18.1. The van der Waals surface area contributed by atoms with Gasteiger partial charge in [0, 0.05) is 44.0 Å². The van der Waals surface area contributed by atoms with Crippen molar-refractivity contribution in [3.8, 4) is 0 Å². The van der Waals surface area contributed by atoms with Crippen LogP contribution in [0.4, 0.5) is 16.6 Å². The number of nitrogens with zero attached hydrogens (tertiary/aromatic N) is 5. The predicted octanol–water partition coefficient (Wildman–Crippen LogP) is 2.98. The van der Waals surface area contributed by atoms with Crippen LogP contribution in [0, 0.1) is 6.92 Å². The first-order chi connectivity index (χ1) is 15.0. The summed E-state index contributed by atoms with van der Waals surface area (Å²) >= 11 is 1.31. The van der Waals surface area contributed by atoms with Crippen molar-refractivity contribution in [3.63, 3.8) is 0 Å². The number of aromatic nitrogens is 4. The van der Waals surface area contributed by atoms with E-state index in [4.69, 9.17) is 0 Å². The number of anilines is 3. The highest BCUT2D eigenvalue weighted by atomic mass is 32.1. The second-order valence-electron chi connectivity index (χ2n) is 7.43. The van der Waals surface area contributed by atoms with Crippen LogP contribution >= 0.6 is 11.5 Å². The largest absolute Gasteiger partial charge is 0.353 e. The molecule has 0 aliphatic carbocycles. The lowest BCUT2D eigenvalue weighted by Crippen LogP contribution is -2.48. The second-order valence-corrected chi connectivity index (χ2v) is 8.24. The van der Waals surface area contributed by atoms with E-state index in [-0.39, 0.29) is 23.4 Å². The fourth-order valence-corrected chi connectivity index (χ4v) is 4.15. The Morgan fingerprint density at radius 3 is 2.77 bits per heavy atom. The molecule has 3 aromatic heterocycles. The summed E-state index contributed by atoms with van der Waals surface area (Å²) in [5, 5.41) is 7.07. The van der Waals surface area contributed by atoms with Crippen molar-refractivity contribution in [2.45, 2.75) is 32.7 Å². The highest BCUT2D eigenvalue weighted by molar-refractivity contribution is 7.10. The zero-order valence-electron chi connectivity index (χ0n) is 17.3. The summed E-state index contributed by atoms with van der Waals surface area (Å²) in [5.41, 5.74) is 1.77. The van der Waals surface area contributed by atoms with E-state index < -0.39 is 0 Å². The maximum Gasteiger partial charge on any atom is 0.251 e. The topological polar surface area (TPSA) is 113 Å². The van der Waals surface area contributed by atoms with Crippen LogP contribution in [0.15, 0.2) is 36.8 Å². The summed E-state index contributed by atoms with van der Waals surface area (Å²) in [6.07, 6.45) is 6.62. The number of rotatable bonds is 6. The second kappa shape index (κ2) is 9.17. The first kappa shape index (κ1) is 20.9. The number of carbonyl (C=O) groups is 2. The molecule has 1 aliphatic heterocycles. The van der Waals surface area contributed by atoms with E-state index >= 15 is 0 Å². The smallest absolute Gasteiger partial charge is 0.251 e. The quantitative estimate of drug-likeness (QED) is 0.566. The van der Waals surface area contributed by atoms with E-state index in [1.54, 1.807) is 30.7 Å². The van der Waals surface area contributed by atoms with E-state index in [2.05, 4.69) is 34.9 Å². The van der Waals surface area contributed by atoms with Gasteiger partial charge in [0.15, 0.2) is 11.6 Å². The molecule has 1 saturated heterocycles. The van der Waals surface area contributed by atoms with Crippen molar-refractivity contribution < 1.29 is 9.59 Å². The van der Waals surface area contributed by atoms with Crippen molar-refractivity contribution in [2.24, 2.45) is 0 Å². The zero-order chi connectivity index (χ0) is 21.8. The lowest BCUT2D eigenvalue weighted by molar-refractivity contribution is 0.0932. The van der Waals surface area contributed by atoms with Gasteiger partial charge >= 0.3 is 0 Å². The van der Waals surface area contributed by atoms with Gasteiger partial charge in [-0.05, 0) is 49.5 Å². The van der Waals surface area contributed by atoms with Gasteiger partial charge in [0.05, 0.1) is 11.9 Å². The maximum atomic E-state index is 12.5. The Morgan fingerprint density at radius 1 is 1.26 bits per heavy atom. The lowest BCUT2D eigenvalue weighted by atomic mass is 10.1. The number of piperidine rings is 1. The third kappa shape index (κ3) is 5.02. The monoisotopic (exact) mass is 437 g/mol. The number of pyridine rings is 1. The molecular weight excluding hydrogens is 414 g/mol. The van der Waals surface area contributed by atoms with E-state index in [9.17, 15) is 9.59 Å². The number of aryl methyl sites for hydroxylation is 1. The van der Waals surface area contributed by atoms with Crippen LogP contribution in [0.25, 0.3) is 0 Å². The number of hydrogen-bond acceptors (Lipinski definition) is 9. The van der Waals surface area contributed by atoms with Crippen molar-refractivity contribution in [3.05, 3.63) is 53.7 Å². The molecule has 4 heterocycles. The molecule has 0 bridgehead atoms. The first-order valence-corrected chi connectivity index (χ1v) is 10.8. The van der Waals surface area contributed by atoms with Crippen LogP contribution in [0.2, 0.25) is 0 Å². The van der Waals surface area contributed by atoms with Crippen molar-refractivity contribution in [1.29, 1.82) is 0 Å². The van der Waals surface area contributed by atoms with Crippen LogP contribution in [-0.4, -0.2) is 50.1 Å². The molecule has 31 heavy (non-hydrogen) atoms. The summed E-state index contributed by atoms with van der Waals surface area (Å²) in [7, 11) is 0. The molecule has 2 N–H and O–H groups in total. The minimum atomic E-state index is -0.163. The molecular formula is C21H23N7O2S. The van der Waals surface area contributed by atoms with Crippen LogP contribution in [-0.2, 0) is 0 Å². The van der Waals surface area contributed by atoms with E-state index in [0.717, 1.165) is 30.1 Å². The van der Waals surface area contributed by atoms with Gasteiger partial charge in [0.25, 0.3) is 5.91 Å². The van der Waals surface area contributed by atoms with Crippen molar-refractivity contribution in [2.75, 3.05) is 23.3 Å². The summed E-state index contributed by atoms with van der Waals surface area (Å²) in [5.74, 6) is 0.798. The number of carbonyl (C=O) groups excluding carboxylic acids is 2. The molecule has 1 aliphatic rings. The Morgan fingerprint density at radius 2 is 2.06 bits per heavy atom. The lowest BCUT2D eigenvalue weighted by Gasteiger charge is -2.34. The van der Waals surface area contributed by atoms with Crippen molar-refractivity contribution in [1.82, 2.24) is 24.6 Å². The van der Waals surface area contributed by atoms with Gasteiger partial charge in [-0.15, -0.1) is 0 Å². The molecule has 0 aromatic carbocycles. The molecule has 1 fully saturated rings. The Balaban J connectivity index is 1.50. The fraction of sp³-hybridized carbons (Fsp3) is 0.333. The molecule has 10 heteroatoms. The number of hydrogen-bond donors (Lipinski definition) is 2. The Bertz CT molecular complexity index is 1090. The molecule has 0 radical (unpaired) electrons. The van der Waals surface area contributed by atoms with Crippen molar-refractivity contribution >= 4 is 39.9 Å². The third-order valence-corrected chi connectivity index (χ3v) is 5.78. The third-order valence-electron chi connectivity index (χ3n) is 4.99. The Labute approximate surface area is 184 Å². The van der Waals surface area contributed by atoms with E-state index in [1.165, 1.54) is 18.5 Å². The first-order valence-electron chi connectivity index (χ1n) is 10.0. The number of ketones is 1. The van der Waals surface area contributed by atoms with Gasteiger partial charge < -0.3 is 15.5 Å². The minimum absolute atomic E-state index is 0.00995. The molecule has 160 valence electrons. The number of Topliss-reactive ketones (excluding diaryl/α,β-unsaturated/α-hetero) is 1. The van der Waals surface area contributed by atoms with Gasteiger partial charge in [0.2, 0.25) is 0 Å². The molecule has 1 atom stereocenters. The number of amides is 1. The Kier molecular flexibility index (Phi) is 6.17. The van der Waals surface area contributed by atoms with Crippen LogP contribution in [0.3, 0.4) is 0 Å². The maximum absolute atomic E-state index is 12.5. The fourth-order valence-electron chi connectivity index (χ4n) is 3.49. The molecule has 4 rings (SSSR count). The number of nitrogens with one attached hydrogen (secondary N) is 2. The molecule has 9 nitrogen and oxygen atoms in total. The van der Waals surface area contributed by atoms with Crippen LogP contribution in [0.5, 0.6) is 0 Å². The molecule has 0 unspecified atom stereocenters. The highest BCUT2D eigenvalue weighted by Gasteiger charge is 2.24. The van der Waals surface area contributed by atoms with E-state index in [0.29, 0.717) is 23.7 Å². The van der Waals surface area contributed by atoms with Crippen LogP contribution in [0.1, 0.15) is 46.3 Å². The minimum Gasteiger partial charge on any atom is -0.353 e. The van der Waals surface area contributed by atoms with Gasteiger partial charge in [-0.1, -0.05) is 0 Å². The van der Waals surface area contributed by atoms with E-state index in [1.807, 2.05) is 13.0 Å². The Hall–Kier alpha value is -3.40. The summed E-state index contributed by atoms with van der Waals surface area (Å²) < 4.78 is 4.25. The average molecular weight is 438 g/mol. The van der Waals surface area contributed by atoms with Gasteiger partial charge in [-0.3, -0.25) is 14.6 Å². The summed E-state index contributed by atoms with van der Waals surface area (Å²) in [6.45, 7) is 4.79. The molecule has 0 spiro atoms. The normalized spacial score (nSPS) is 16.1. The molecule has 3 aromatic rings. The molecule has 0 saturated carbocycles. The SMILES string of the molecule is CC(=O)c1ncc(N2CCC[C@@H](NC(=O)c3ccncc3)C2)nc1Nc1cc(C)ns1. The van der Waals surface area contributed by atoms with Gasteiger partial charge in [-0.25, -0.2) is 9.97 Å². The molecule has 1 amide bonds. The highest BCUT2D eigenvalue weighted by Crippen LogP contribution is 2.26.